The Morgan fingerprint density at radius 3 is 2.10 bits per heavy atom. The Morgan fingerprint density at radius 1 is 1.05 bits per heavy atom. The Hall–Kier alpha value is -1.43. The lowest BCUT2D eigenvalue weighted by molar-refractivity contribution is -0.275. The summed E-state index contributed by atoms with van der Waals surface area (Å²) in [6, 6.07) is 5.83. The third-order valence-corrected chi connectivity index (χ3v) is 3.10. The Bertz CT molecular complexity index is 437. The second kappa shape index (κ2) is 7.54. The first-order valence-corrected chi connectivity index (χ1v) is 7.04. The zero-order valence-electron chi connectivity index (χ0n) is 12.6. The molecular weight excluding hydrogens is 283 g/mol. The topological polar surface area (TPSA) is 30.5 Å². The second-order valence-corrected chi connectivity index (χ2v) is 5.08. The van der Waals surface area contributed by atoms with Crippen LogP contribution in [0.15, 0.2) is 24.3 Å². The van der Waals surface area contributed by atoms with Crippen molar-refractivity contribution in [3.05, 3.63) is 24.3 Å². The third-order valence-electron chi connectivity index (χ3n) is 3.10. The fraction of sp³-hybridized carbons (Fsp3) is 0.600. The number of para-hydroxylation sites is 2. The molecule has 0 saturated carbocycles. The van der Waals surface area contributed by atoms with Crippen LogP contribution in [-0.4, -0.2) is 25.1 Å². The summed E-state index contributed by atoms with van der Waals surface area (Å²) in [6.45, 7) is 7.22. The number of hydrogen-bond acceptors (Lipinski definition) is 3. The van der Waals surface area contributed by atoms with E-state index in [4.69, 9.17) is 4.74 Å². The van der Waals surface area contributed by atoms with Crippen LogP contribution < -0.4 is 14.8 Å². The van der Waals surface area contributed by atoms with Crippen molar-refractivity contribution >= 4 is 0 Å². The average Bonchev–Trinajstić information content (AvgIpc) is 2.40. The van der Waals surface area contributed by atoms with Gasteiger partial charge in [0.2, 0.25) is 0 Å². The normalized spacial score (nSPS) is 14.6. The summed E-state index contributed by atoms with van der Waals surface area (Å²) < 4.78 is 47.0. The van der Waals surface area contributed by atoms with Crippen LogP contribution in [0.3, 0.4) is 0 Å². The van der Waals surface area contributed by atoms with Gasteiger partial charge in [-0.25, -0.2) is 0 Å². The molecule has 0 aliphatic rings. The van der Waals surface area contributed by atoms with E-state index in [1.807, 2.05) is 20.8 Å². The van der Waals surface area contributed by atoms with Crippen LogP contribution in [-0.2, 0) is 0 Å². The molecule has 1 rings (SSSR count). The standard InChI is InChI=1S/C15H22F3NO2/c1-4-10-19-11-14(3,5-2)20-12-8-6-7-9-13(12)21-15(16,17)18/h6-9,19H,4-5,10-11H2,1-3H3. The van der Waals surface area contributed by atoms with Crippen LogP contribution in [0.4, 0.5) is 13.2 Å². The summed E-state index contributed by atoms with van der Waals surface area (Å²) in [4.78, 5) is 0. The molecule has 0 radical (unpaired) electrons. The minimum atomic E-state index is -4.73. The van der Waals surface area contributed by atoms with Gasteiger partial charge in [-0.15, -0.1) is 13.2 Å². The summed E-state index contributed by atoms with van der Waals surface area (Å²) in [6.07, 6.45) is -3.10. The molecular formula is C15H22F3NO2. The van der Waals surface area contributed by atoms with E-state index >= 15 is 0 Å². The van der Waals surface area contributed by atoms with E-state index in [-0.39, 0.29) is 11.5 Å². The zero-order chi connectivity index (χ0) is 15.9. The molecule has 1 aromatic carbocycles. The molecule has 1 N–H and O–H groups in total. The molecule has 120 valence electrons. The number of ether oxygens (including phenoxy) is 2. The van der Waals surface area contributed by atoms with Gasteiger partial charge in [0.05, 0.1) is 0 Å². The van der Waals surface area contributed by atoms with Crippen molar-refractivity contribution in [2.45, 2.75) is 45.6 Å². The minimum Gasteiger partial charge on any atom is -0.482 e. The molecule has 0 aliphatic heterocycles. The highest BCUT2D eigenvalue weighted by Crippen LogP contribution is 2.34. The van der Waals surface area contributed by atoms with E-state index in [2.05, 4.69) is 10.1 Å². The molecule has 0 amide bonds. The smallest absolute Gasteiger partial charge is 0.482 e. The fourth-order valence-corrected chi connectivity index (χ4v) is 1.77. The average molecular weight is 305 g/mol. The molecule has 0 aromatic heterocycles. The largest absolute Gasteiger partial charge is 0.573 e. The number of halogens is 3. The summed E-state index contributed by atoms with van der Waals surface area (Å²) in [5.74, 6) is -0.224. The molecule has 3 nitrogen and oxygen atoms in total. The van der Waals surface area contributed by atoms with Crippen molar-refractivity contribution in [1.82, 2.24) is 5.32 Å². The number of alkyl halides is 3. The lowest BCUT2D eigenvalue weighted by Crippen LogP contribution is -2.43. The minimum absolute atomic E-state index is 0.0949. The molecule has 0 bridgehead atoms. The first-order chi connectivity index (χ1) is 9.79. The van der Waals surface area contributed by atoms with E-state index in [9.17, 15) is 13.2 Å². The van der Waals surface area contributed by atoms with Crippen LogP contribution >= 0.6 is 0 Å². The Morgan fingerprint density at radius 2 is 1.62 bits per heavy atom. The Balaban J connectivity index is 2.84. The maximum Gasteiger partial charge on any atom is 0.573 e. The maximum atomic E-state index is 12.4. The molecule has 21 heavy (non-hydrogen) atoms. The van der Waals surface area contributed by atoms with Gasteiger partial charge in [0, 0.05) is 6.54 Å². The highest BCUT2D eigenvalue weighted by Gasteiger charge is 2.33. The number of hydrogen-bond donors (Lipinski definition) is 1. The van der Waals surface area contributed by atoms with Crippen LogP contribution in [0, 0.1) is 0 Å². The summed E-state index contributed by atoms with van der Waals surface area (Å²) in [5, 5.41) is 3.23. The SMILES string of the molecule is CCCNCC(C)(CC)Oc1ccccc1OC(F)(F)F. The predicted octanol–water partition coefficient (Wildman–Crippen LogP) is 4.13. The summed E-state index contributed by atoms with van der Waals surface area (Å²) in [5.41, 5.74) is -0.597. The van der Waals surface area contributed by atoms with Gasteiger partial charge >= 0.3 is 6.36 Å². The van der Waals surface area contributed by atoms with Gasteiger partial charge in [0.25, 0.3) is 0 Å². The van der Waals surface area contributed by atoms with Crippen LogP contribution in [0.2, 0.25) is 0 Å². The maximum absolute atomic E-state index is 12.4. The van der Waals surface area contributed by atoms with Gasteiger partial charge in [0.15, 0.2) is 11.5 Å². The van der Waals surface area contributed by atoms with E-state index < -0.39 is 12.0 Å². The van der Waals surface area contributed by atoms with E-state index in [0.29, 0.717) is 13.0 Å². The van der Waals surface area contributed by atoms with Crippen molar-refractivity contribution in [3.63, 3.8) is 0 Å². The van der Waals surface area contributed by atoms with Gasteiger partial charge in [-0.3, -0.25) is 0 Å². The van der Waals surface area contributed by atoms with Crippen molar-refractivity contribution < 1.29 is 22.6 Å². The molecule has 6 heteroatoms. The van der Waals surface area contributed by atoms with Crippen LogP contribution in [0.5, 0.6) is 11.5 Å². The quantitative estimate of drug-likeness (QED) is 0.732. The van der Waals surface area contributed by atoms with Crippen molar-refractivity contribution in [2.75, 3.05) is 13.1 Å². The van der Waals surface area contributed by atoms with Crippen molar-refractivity contribution in [1.29, 1.82) is 0 Å². The van der Waals surface area contributed by atoms with Gasteiger partial charge in [-0.2, -0.15) is 0 Å². The van der Waals surface area contributed by atoms with Crippen molar-refractivity contribution in [3.8, 4) is 11.5 Å². The van der Waals surface area contributed by atoms with Crippen LogP contribution in [0.25, 0.3) is 0 Å². The molecule has 1 unspecified atom stereocenters. The molecule has 0 aliphatic carbocycles. The number of benzene rings is 1. The van der Waals surface area contributed by atoms with Crippen molar-refractivity contribution in [2.24, 2.45) is 0 Å². The molecule has 0 spiro atoms. The van der Waals surface area contributed by atoms with E-state index in [1.165, 1.54) is 18.2 Å². The lowest BCUT2D eigenvalue weighted by atomic mass is 10.0. The Kier molecular flexibility index (Phi) is 6.33. The molecule has 0 saturated heterocycles. The van der Waals surface area contributed by atoms with Gasteiger partial charge in [0.1, 0.15) is 5.60 Å². The van der Waals surface area contributed by atoms with Crippen LogP contribution in [0.1, 0.15) is 33.6 Å². The number of rotatable bonds is 8. The van der Waals surface area contributed by atoms with Gasteiger partial charge < -0.3 is 14.8 Å². The van der Waals surface area contributed by atoms with E-state index in [0.717, 1.165) is 13.0 Å². The lowest BCUT2D eigenvalue weighted by Gasteiger charge is -2.31. The predicted molar refractivity (Wildman–Crippen MR) is 75.6 cm³/mol. The summed E-state index contributed by atoms with van der Waals surface area (Å²) >= 11 is 0. The second-order valence-electron chi connectivity index (χ2n) is 5.08. The molecule has 1 aromatic rings. The zero-order valence-corrected chi connectivity index (χ0v) is 12.6. The molecule has 0 fully saturated rings. The third kappa shape index (κ3) is 6.25. The summed E-state index contributed by atoms with van der Waals surface area (Å²) in [7, 11) is 0. The highest BCUT2D eigenvalue weighted by molar-refractivity contribution is 5.40. The van der Waals surface area contributed by atoms with E-state index in [1.54, 1.807) is 6.07 Å². The Labute approximate surface area is 123 Å². The highest BCUT2D eigenvalue weighted by atomic mass is 19.4. The first kappa shape index (κ1) is 17.6. The monoisotopic (exact) mass is 305 g/mol. The van der Waals surface area contributed by atoms with Gasteiger partial charge in [-0.05, 0) is 38.4 Å². The molecule has 0 heterocycles. The molecule has 1 atom stereocenters. The number of nitrogens with one attached hydrogen (secondary N) is 1. The van der Waals surface area contributed by atoms with Gasteiger partial charge in [-0.1, -0.05) is 26.0 Å². The first-order valence-electron chi connectivity index (χ1n) is 7.04. The fourth-order valence-electron chi connectivity index (χ4n) is 1.77.